The van der Waals surface area contributed by atoms with Crippen LogP contribution in [0.15, 0.2) is 0 Å². The van der Waals surface area contributed by atoms with Gasteiger partial charge in [0.25, 0.3) is 10.1 Å². The summed E-state index contributed by atoms with van der Waals surface area (Å²) in [7, 11) is -3.81. The van der Waals surface area contributed by atoms with Crippen molar-refractivity contribution < 1.29 is 13.0 Å². The summed E-state index contributed by atoms with van der Waals surface area (Å²) in [6.07, 6.45) is 7.26. The van der Waals surface area contributed by atoms with E-state index in [1.54, 1.807) is 0 Å². The SMILES string of the molecule is CCC(C)C1CCC2CC(S(=O)(=O)O)CCC2C1. The zero-order chi connectivity index (χ0) is 13.3. The van der Waals surface area contributed by atoms with Crippen molar-refractivity contribution in [2.45, 2.75) is 64.0 Å². The molecule has 0 aliphatic heterocycles. The number of rotatable bonds is 3. The molecule has 0 amide bonds. The van der Waals surface area contributed by atoms with Crippen molar-refractivity contribution in [3.8, 4) is 0 Å². The van der Waals surface area contributed by atoms with E-state index in [0.29, 0.717) is 24.7 Å². The molecule has 0 heterocycles. The lowest BCUT2D eigenvalue weighted by Crippen LogP contribution is -2.37. The first-order valence-corrected chi connectivity index (χ1v) is 8.88. The van der Waals surface area contributed by atoms with Gasteiger partial charge in [-0.2, -0.15) is 8.42 Å². The largest absolute Gasteiger partial charge is 0.285 e. The van der Waals surface area contributed by atoms with Gasteiger partial charge in [0, 0.05) is 0 Å². The van der Waals surface area contributed by atoms with Gasteiger partial charge in [-0.1, -0.05) is 20.3 Å². The van der Waals surface area contributed by atoms with Crippen molar-refractivity contribution in [2.24, 2.45) is 23.7 Å². The van der Waals surface area contributed by atoms with E-state index in [-0.39, 0.29) is 0 Å². The molecule has 0 aromatic rings. The fourth-order valence-electron chi connectivity index (χ4n) is 4.00. The fraction of sp³-hybridized carbons (Fsp3) is 1.00. The van der Waals surface area contributed by atoms with Crippen molar-refractivity contribution in [3.05, 3.63) is 0 Å². The van der Waals surface area contributed by atoms with Crippen LogP contribution >= 0.6 is 0 Å². The van der Waals surface area contributed by atoms with E-state index in [1.165, 1.54) is 19.3 Å². The molecule has 0 saturated heterocycles. The zero-order valence-electron chi connectivity index (χ0n) is 11.5. The van der Waals surface area contributed by atoms with E-state index in [4.69, 9.17) is 0 Å². The summed E-state index contributed by atoms with van der Waals surface area (Å²) < 4.78 is 31.7. The monoisotopic (exact) mass is 274 g/mol. The molecule has 0 aromatic heterocycles. The Hall–Kier alpha value is -0.0900. The first-order chi connectivity index (χ1) is 8.41. The highest BCUT2D eigenvalue weighted by Crippen LogP contribution is 2.46. The minimum absolute atomic E-state index is 0.487. The first-order valence-electron chi connectivity index (χ1n) is 7.38. The number of fused-ring (bicyclic) bond motifs is 1. The maximum atomic E-state index is 11.2. The Labute approximate surface area is 111 Å². The van der Waals surface area contributed by atoms with Crippen LogP contribution in [-0.4, -0.2) is 18.2 Å². The quantitative estimate of drug-likeness (QED) is 0.801. The van der Waals surface area contributed by atoms with Gasteiger partial charge in [-0.3, -0.25) is 4.55 Å². The molecule has 3 nitrogen and oxygen atoms in total. The highest BCUT2D eigenvalue weighted by Gasteiger charge is 2.40. The Morgan fingerprint density at radius 3 is 2.33 bits per heavy atom. The summed E-state index contributed by atoms with van der Waals surface area (Å²) in [4.78, 5) is 0. The predicted octanol–water partition coefficient (Wildman–Crippen LogP) is 3.51. The maximum absolute atomic E-state index is 11.2. The third kappa shape index (κ3) is 3.08. The Balaban J connectivity index is 1.95. The third-order valence-electron chi connectivity index (χ3n) is 5.48. The second-order valence-corrected chi connectivity index (χ2v) is 8.13. The zero-order valence-corrected chi connectivity index (χ0v) is 12.3. The van der Waals surface area contributed by atoms with Gasteiger partial charge in [0.1, 0.15) is 0 Å². The van der Waals surface area contributed by atoms with E-state index in [1.807, 2.05) is 0 Å². The smallest absolute Gasteiger partial charge is 0.267 e. The molecule has 5 atom stereocenters. The van der Waals surface area contributed by atoms with Crippen molar-refractivity contribution in [1.29, 1.82) is 0 Å². The molecule has 0 radical (unpaired) electrons. The molecule has 2 aliphatic rings. The molecule has 18 heavy (non-hydrogen) atoms. The summed E-state index contributed by atoms with van der Waals surface area (Å²) >= 11 is 0. The molecule has 0 bridgehead atoms. The van der Waals surface area contributed by atoms with E-state index in [9.17, 15) is 13.0 Å². The Bertz CT molecular complexity index is 377. The minimum Gasteiger partial charge on any atom is -0.285 e. The molecule has 0 spiro atoms. The van der Waals surface area contributed by atoms with Crippen molar-refractivity contribution in [3.63, 3.8) is 0 Å². The molecule has 0 aromatic carbocycles. The van der Waals surface area contributed by atoms with Crippen LogP contribution in [0.3, 0.4) is 0 Å². The van der Waals surface area contributed by atoms with Gasteiger partial charge in [-0.25, -0.2) is 0 Å². The molecule has 2 rings (SSSR count). The van der Waals surface area contributed by atoms with E-state index >= 15 is 0 Å². The van der Waals surface area contributed by atoms with Gasteiger partial charge in [-0.05, 0) is 62.2 Å². The summed E-state index contributed by atoms with van der Waals surface area (Å²) in [5.41, 5.74) is 0. The Morgan fingerprint density at radius 2 is 1.72 bits per heavy atom. The molecule has 2 fully saturated rings. The van der Waals surface area contributed by atoms with Crippen molar-refractivity contribution >= 4 is 10.1 Å². The molecule has 5 unspecified atom stereocenters. The lowest BCUT2D eigenvalue weighted by molar-refractivity contribution is 0.103. The van der Waals surface area contributed by atoms with Gasteiger partial charge in [-0.15, -0.1) is 0 Å². The van der Waals surface area contributed by atoms with Crippen LogP contribution in [0.25, 0.3) is 0 Å². The summed E-state index contributed by atoms with van der Waals surface area (Å²) in [6, 6.07) is 0. The van der Waals surface area contributed by atoms with Crippen LogP contribution in [0.5, 0.6) is 0 Å². The molecule has 2 saturated carbocycles. The van der Waals surface area contributed by atoms with Crippen molar-refractivity contribution in [2.75, 3.05) is 0 Å². The lowest BCUT2D eigenvalue weighted by atomic mass is 9.65. The van der Waals surface area contributed by atoms with Gasteiger partial charge in [0.05, 0.1) is 5.25 Å². The standard InChI is InChI=1S/C14H26O3S/c1-3-10(2)11-4-5-13-9-14(18(15,16)17)7-6-12(13)8-11/h10-14H,3-9H2,1-2H3,(H,15,16,17). The van der Waals surface area contributed by atoms with Crippen LogP contribution in [0.4, 0.5) is 0 Å². The van der Waals surface area contributed by atoms with E-state index < -0.39 is 15.4 Å². The Morgan fingerprint density at radius 1 is 1.11 bits per heavy atom. The van der Waals surface area contributed by atoms with Crippen LogP contribution in [0, 0.1) is 23.7 Å². The van der Waals surface area contributed by atoms with Gasteiger partial charge >= 0.3 is 0 Å². The third-order valence-corrected chi connectivity index (χ3v) is 6.75. The summed E-state index contributed by atoms with van der Waals surface area (Å²) in [5, 5.41) is -0.487. The molecule has 1 N–H and O–H groups in total. The summed E-state index contributed by atoms with van der Waals surface area (Å²) in [5.74, 6) is 2.87. The first kappa shape index (κ1) is 14.3. The average molecular weight is 274 g/mol. The topological polar surface area (TPSA) is 54.4 Å². The predicted molar refractivity (Wildman–Crippen MR) is 73.0 cm³/mol. The number of hydrogen-bond donors (Lipinski definition) is 1. The molecule has 2 aliphatic carbocycles. The van der Waals surface area contributed by atoms with Gasteiger partial charge in [0.2, 0.25) is 0 Å². The summed E-state index contributed by atoms with van der Waals surface area (Å²) in [6.45, 7) is 4.60. The number of hydrogen-bond acceptors (Lipinski definition) is 2. The molecule has 4 heteroatoms. The van der Waals surface area contributed by atoms with E-state index in [2.05, 4.69) is 13.8 Å². The molecular formula is C14H26O3S. The normalized spacial score (nSPS) is 39.1. The van der Waals surface area contributed by atoms with Gasteiger partial charge < -0.3 is 0 Å². The van der Waals surface area contributed by atoms with Crippen molar-refractivity contribution in [1.82, 2.24) is 0 Å². The van der Waals surface area contributed by atoms with Crippen LogP contribution < -0.4 is 0 Å². The van der Waals surface area contributed by atoms with E-state index in [0.717, 1.165) is 24.7 Å². The Kier molecular flexibility index (Phi) is 4.37. The molecular weight excluding hydrogens is 248 g/mol. The lowest BCUT2D eigenvalue weighted by Gasteiger charge is -2.42. The highest BCUT2D eigenvalue weighted by molar-refractivity contribution is 7.86. The second-order valence-electron chi connectivity index (χ2n) is 6.43. The second kappa shape index (κ2) is 5.49. The average Bonchev–Trinajstić information content (AvgIpc) is 2.35. The molecule has 106 valence electrons. The van der Waals surface area contributed by atoms with Crippen LogP contribution in [-0.2, 0) is 10.1 Å². The highest BCUT2D eigenvalue weighted by atomic mass is 32.2. The van der Waals surface area contributed by atoms with Gasteiger partial charge in [0.15, 0.2) is 0 Å². The minimum atomic E-state index is -3.81. The fourth-order valence-corrected chi connectivity index (χ4v) is 4.93. The van der Waals surface area contributed by atoms with Crippen LogP contribution in [0.2, 0.25) is 0 Å². The van der Waals surface area contributed by atoms with Crippen LogP contribution in [0.1, 0.15) is 58.8 Å². The maximum Gasteiger partial charge on any atom is 0.267 e.